The highest BCUT2D eigenvalue weighted by atomic mass is 16.2. The van der Waals surface area contributed by atoms with E-state index in [9.17, 15) is 28.8 Å². The van der Waals surface area contributed by atoms with Crippen molar-refractivity contribution in [2.75, 3.05) is 6.54 Å². The Labute approximate surface area is 255 Å². The van der Waals surface area contributed by atoms with Gasteiger partial charge in [0.1, 0.15) is 12.1 Å². The first kappa shape index (κ1) is 34.3. The Bertz CT molecular complexity index is 1120. The minimum Gasteiger partial charge on any atom is -0.344 e. The predicted octanol–water partition coefficient (Wildman–Crippen LogP) is 2.83. The highest BCUT2D eigenvalue weighted by molar-refractivity contribution is 6.40. The molecule has 3 unspecified atom stereocenters. The molecule has 0 spiro atoms. The number of carbonyl (C=O) groups is 6. The van der Waals surface area contributed by atoms with Crippen LogP contribution in [0.5, 0.6) is 0 Å². The van der Waals surface area contributed by atoms with Crippen LogP contribution >= 0.6 is 0 Å². The van der Waals surface area contributed by atoms with Crippen molar-refractivity contribution in [3.05, 3.63) is 12.7 Å². The highest BCUT2D eigenvalue weighted by Gasteiger charge is 2.69. The molecule has 0 radical (unpaired) electrons. The summed E-state index contributed by atoms with van der Waals surface area (Å²) < 4.78 is 0. The van der Waals surface area contributed by atoms with Crippen LogP contribution in [0.1, 0.15) is 93.4 Å². The molecule has 11 nitrogen and oxygen atoms in total. The number of fused-ring (bicyclic) bond motifs is 1. The monoisotopic (exact) mass is 601 g/mol. The Hall–Kier alpha value is -3.24. The van der Waals surface area contributed by atoms with Crippen LogP contribution in [0.15, 0.2) is 12.7 Å². The van der Waals surface area contributed by atoms with Gasteiger partial charge in [-0.3, -0.25) is 29.3 Å². The molecule has 0 aromatic heterocycles. The number of likely N-dealkylation sites (tertiary alicyclic amines) is 1. The second-order valence-corrected chi connectivity index (χ2v) is 14.4. The number of hydrogen-bond donors (Lipinski definition) is 4. The molecule has 2 saturated carbocycles. The molecule has 1 heterocycles. The van der Waals surface area contributed by atoms with E-state index in [-0.39, 0.29) is 35.5 Å². The molecule has 4 N–H and O–H groups in total. The van der Waals surface area contributed by atoms with E-state index in [4.69, 9.17) is 0 Å². The molecule has 240 valence electrons. The lowest BCUT2D eigenvalue weighted by atomic mass is 9.83. The van der Waals surface area contributed by atoms with Crippen LogP contribution in [-0.4, -0.2) is 70.6 Å². The molecule has 3 fully saturated rings. The smallest absolute Gasteiger partial charge is 0.315 e. The predicted molar refractivity (Wildman–Crippen MR) is 162 cm³/mol. The van der Waals surface area contributed by atoms with Crippen molar-refractivity contribution in [2.45, 2.75) is 117 Å². The van der Waals surface area contributed by atoms with Gasteiger partial charge in [-0.15, -0.1) is 6.58 Å². The van der Waals surface area contributed by atoms with Gasteiger partial charge in [0.05, 0.1) is 6.04 Å². The van der Waals surface area contributed by atoms with Crippen molar-refractivity contribution in [3.63, 3.8) is 0 Å². The fourth-order valence-corrected chi connectivity index (χ4v) is 6.65. The molecule has 2 aliphatic carbocycles. The first-order chi connectivity index (χ1) is 20.0. The van der Waals surface area contributed by atoms with Crippen LogP contribution in [0, 0.1) is 29.1 Å². The van der Waals surface area contributed by atoms with Crippen molar-refractivity contribution in [1.82, 2.24) is 26.2 Å². The van der Waals surface area contributed by atoms with Gasteiger partial charge in [0, 0.05) is 18.0 Å². The average molecular weight is 602 g/mol. The zero-order chi connectivity index (χ0) is 32.3. The molecule has 1 saturated heterocycles. The molecule has 5 atom stereocenters. The third-order valence-corrected chi connectivity index (χ3v) is 9.20. The van der Waals surface area contributed by atoms with Crippen LogP contribution in [-0.2, 0) is 24.0 Å². The van der Waals surface area contributed by atoms with Gasteiger partial charge in [0.2, 0.25) is 23.5 Å². The summed E-state index contributed by atoms with van der Waals surface area (Å²) in [5, 5.41) is 10.7. The third-order valence-electron chi connectivity index (χ3n) is 9.20. The van der Waals surface area contributed by atoms with E-state index >= 15 is 0 Å². The van der Waals surface area contributed by atoms with E-state index in [1.807, 2.05) is 20.8 Å². The Morgan fingerprint density at radius 1 is 1.00 bits per heavy atom. The average Bonchev–Trinajstić information content (AvgIpc) is 3.24. The van der Waals surface area contributed by atoms with Crippen molar-refractivity contribution in [1.29, 1.82) is 0 Å². The number of rotatable bonds is 11. The topological polar surface area (TPSA) is 154 Å². The molecule has 0 aromatic carbocycles. The number of urea groups is 1. The number of Topliss-reactive ketones (excluding diaryl/α,β-unsaturated/α-hetero) is 1. The lowest BCUT2D eigenvalue weighted by Gasteiger charge is -2.37. The van der Waals surface area contributed by atoms with E-state index in [2.05, 4.69) is 41.7 Å². The van der Waals surface area contributed by atoms with Crippen molar-refractivity contribution in [3.8, 4) is 0 Å². The number of imide groups is 1. The molecule has 1 aliphatic heterocycles. The van der Waals surface area contributed by atoms with Gasteiger partial charge in [0.15, 0.2) is 0 Å². The molecule has 6 amide bonds. The number of carbonyl (C=O) groups excluding carboxylic acids is 6. The maximum absolute atomic E-state index is 14.2. The van der Waals surface area contributed by atoms with Crippen molar-refractivity contribution < 1.29 is 28.8 Å². The molecule has 0 bridgehead atoms. The highest BCUT2D eigenvalue weighted by Crippen LogP contribution is 2.65. The van der Waals surface area contributed by atoms with Crippen LogP contribution in [0.25, 0.3) is 0 Å². The normalized spacial score (nSPS) is 24.3. The van der Waals surface area contributed by atoms with Crippen LogP contribution < -0.4 is 21.3 Å². The summed E-state index contributed by atoms with van der Waals surface area (Å²) in [6.07, 6.45) is 6.67. The second-order valence-electron chi connectivity index (χ2n) is 14.4. The minimum absolute atomic E-state index is 0.0512. The molecule has 0 aromatic rings. The largest absolute Gasteiger partial charge is 0.344 e. The maximum atomic E-state index is 14.2. The van der Waals surface area contributed by atoms with E-state index < -0.39 is 59.1 Å². The van der Waals surface area contributed by atoms with E-state index in [1.165, 1.54) is 0 Å². The number of allylic oxidation sites excluding steroid dienone is 1. The second kappa shape index (κ2) is 13.6. The van der Waals surface area contributed by atoms with E-state index in [0.29, 0.717) is 13.0 Å². The standard InChI is InChI=1S/C32H51N5O6/c1-9-10-16-21(25(38)28(41)35-26(39)18(2)3)33-27(40)24-22-20(32(22,7)8)17-37(24)29(42)23(19-14-12-11-13-15-19)34-30(43)36-31(4,5)6/h9,18-24H,1,10-17H2,2-8H3,(H,33,40)(H2,34,36,43)(H,35,39,41)/t20?,21?,22-,23?,24-/m0/s1. The van der Waals surface area contributed by atoms with Gasteiger partial charge in [-0.25, -0.2) is 4.79 Å². The summed E-state index contributed by atoms with van der Waals surface area (Å²) in [7, 11) is 0. The van der Waals surface area contributed by atoms with Gasteiger partial charge in [-0.05, 0) is 69.6 Å². The zero-order valence-corrected chi connectivity index (χ0v) is 26.9. The summed E-state index contributed by atoms with van der Waals surface area (Å²) in [5.41, 5.74) is -0.678. The lowest BCUT2D eigenvalue weighted by molar-refractivity contribution is -0.145. The fourth-order valence-electron chi connectivity index (χ4n) is 6.65. The van der Waals surface area contributed by atoms with Gasteiger partial charge in [-0.2, -0.15) is 0 Å². The number of ketones is 1. The molecular weight excluding hydrogens is 550 g/mol. The maximum Gasteiger partial charge on any atom is 0.315 e. The Balaban J connectivity index is 1.85. The summed E-state index contributed by atoms with van der Waals surface area (Å²) in [5.74, 6) is -3.98. The molecule has 3 aliphatic rings. The van der Waals surface area contributed by atoms with Gasteiger partial charge in [0.25, 0.3) is 5.91 Å². The molecule has 3 rings (SSSR count). The first-order valence-electron chi connectivity index (χ1n) is 15.7. The molecule has 43 heavy (non-hydrogen) atoms. The number of amides is 6. The van der Waals surface area contributed by atoms with Crippen LogP contribution in [0.3, 0.4) is 0 Å². The lowest BCUT2D eigenvalue weighted by Crippen LogP contribution is -2.61. The van der Waals surface area contributed by atoms with Gasteiger partial charge < -0.3 is 20.9 Å². The van der Waals surface area contributed by atoms with Crippen LogP contribution in [0.2, 0.25) is 0 Å². The number of piperidine rings is 1. The van der Waals surface area contributed by atoms with Gasteiger partial charge >= 0.3 is 6.03 Å². The zero-order valence-electron chi connectivity index (χ0n) is 26.9. The van der Waals surface area contributed by atoms with E-state index in [0.717, 1.165) is 32.1 Å². The summed E-state index contributed by atoms with van der Waals surface area (Å²) in [6, 6.07) is -3.26. The van der Waals surface area contributed by atoms with E-state index in [1.54, 1.807) is 24.8 Å². The van der Waals surface area contributed by atoms with Crippen molar-refractivity contribution in [2.24, 2.45) is 29.1 Å². The molecular formula is C32H51N5O6. The third kappa shape index (κ3) is 8.23. The SMILES string of the molecule is C=CCCC(NC(=O)[C@@H]1[C@@H]2C(CN1C(=O)C(NC(=O)NC(C)(C)C)C1CCCCC1)C2(C)C)C(=O)C(=O)NC(=O)C(C)C. The minimum atomic E-state index is -1.19. The van der Waals surface area contributed by atoms with Crippen LogP contribution in [0.4, 0.5) is 4.79 Å². The first-order valence-corrected chi connectivity index (χ1v) is 15.7. The number of nitrogens with one attached hydrogen (secondary N) is 4. The van der Waals surface area contributed by atoms with Crippen molar-refractivity contribution >= 4 is 35.4 Å². The quantitative estimate of drug-likeness (QED) is 0.211. The van der Waals surface area contributed by atoms with Gasteiger partial charge in [-0.1, -0.05) is 53.0 Å². The number of nitrogens with zero attached hydrogens (tertiary/aromatic N) is 1. The Kier molecular flexibility index (Phi) is 10.8. The fraction of sp³-hybridized carbons (Fsp3) is 0.750. The molecule has 11 heteroatoms. The summed E-state index contributed by atoms with van der Waals surface area (Å²) in [6.45, 7) is 17.0. The number of hydrogen-bond acceptors (Lipinski definition) is 6. The Morgan fingerprint density at radius 3 is 2.19 bits per heavy atom. The Morgan fingerprint density at radius 2 is 1.63 bits per heavy atom. The summed E-state index contributed by atoms with van der Waals surface area (Å²) >= 11 is 0. The summed E-state index contributed by atoms with van der Waals surface area (Å²) in [4.78, 5) is 80.5.